The van der Waals surface area contributed by atoms with Gasteiger partial charge in [0.2, 0.25) is 0 Å². The number of guanidine groups is 1. The minimum atomic E-state index is -0.236. The van der Waals surface area contributed by atoms with Crippen LogP contribution in [0.25, 0.3) is 0 Å². The Balaban J connectivity index is 1.70. The van der Waals surface area contributed by atoms with Crippen molar-refractivity contribution in [1.82, 2.24) is 10.2 Å². The fourth-order valence-corrected chi connectivity index (χ4v) is 3.59. The highest BCUT2D eigenvalue weighted by molar-refractivity contribution is 5.93. The van der Waals surface area contributed by atoms with E-state index < -0.39 is 0 Å². The molecule has 1 heterocycles. The van der Waals surface area contributed by atoms with E-state index in [-0.39, 0.29) is 11.9 Å². The van der Waals surface area contributed by atoms with E-state index >= 15 is 0 Å². The molecule has 1 aliphatic rings. The molecule has 3 rings (SSSR count). The van der Waals surface area contributed by atoms with E-state index in [2.05, 4.69) is 20.5 Å². The van der Waals surface area contributed by atoms with Crippen LogP contribution in [0.3, 0.4) is 0 Å². The van der Waals surface area contributed by atoms with Crippen LogP contribution < -0.4 is 20.1 Å². The van der Waals surface area contributed by atoms with Crippen LogP contribution in [0.4, 0.5) is 10.1 Å². The van der Waals surface area contributed by atoms with Gasteiger partial charge in [-0.2, -0.15) is 0 Å². The summed E-state index contributed by atoms with van der Waals surface area (Å²) in [5, 5.41) is 6.65. The van der Waals surface area contributed by atoms with Gasteiger partial charge in [-0.1, -0.05) is 12.1 Å². The molecule has 8 heteroatoms. The first-order chi connectivity index (χ1) is 15.1. The van der Waals surface area contributed by atoms with Gasteiger partial charge >= 0.3 is 0 Å². The van der Waals surface area contributed by atoms with Crippen LogP contribution in [0.5, 0.6) is 11.5 Å². The number of halogens is 1. The van der Waals surface area contributed by atoms with Crippen LogP contribution in [-0.4, -0.2) is 64.5 Å². The van der Waals surface area contributed by atoms with Crippen molar-refractivity contribution >= 4 is 11.6 Å². The van der Waals surface area contributed by atoms with E-state index in [1.54, 1.807) is 26.3 Å². The van der Waals surface area contributed by atoms with Gasteiger partial charge in [-0.15, -0.1) is 0 Å². The zero-order chi connectivity index (χ0) is 22.1. The molecule has 31 heavy (non-hydrogen) atoms. The molecule has 0 saturated carbocycles. The highest BCUT2D eigenvalue weighted by atomic mass is 19.1. The molecule has 0 spiro atoms. The molecule has 0 radical (unpaired) electrons. The lowest BCUT2D eigenvalue weighted by molar-refractivity contribution is 0.0170. The lowest BCUT2D eigenvalue weighted by atomic mass is 10.0. The molecular formula is C23H31FN4O3. The molecule has 1 atom stereocenters. The molecule has 2 N–H and O–H groups in total. The van der Waals surface area contributed by atoms with Gasteiger partial charge in [0, 0.05) is 38.4 Å². The third kappa shape index (κ3) is 6.32. The maximum absolute atomic E-state index is 13.9. The van der Waals surface area contributed by atoms with Crippen LogP contribution in [0.15, 0.2) is 47.5 Å². The van der Waals surface area contributed by atoms with Gasteiger partial charge in [-0.3, -0.25) is 9.89 Å². The SMILES string of the molecule is CCOc1ccc(NC(=NC)NCC(c2cccc(F)c2)N2CCOCC2)cc1OC. The summed E-state index contributed by atoms with van der Waals surface area (Å²) in [5.41, 5.74) is 1.75. The number of ether oxygens (including phenoxy) is 3. The van der Waals surface area contributed by atoms with Gasteiger partial charge in [0.05, 0.1) is 33.0 Å². The first-order valence-corrected chi connectivity index (χ1v) is 10.5. The van der Waals surface area contributed by atoms with Crippen molar-refractivity contribution < 1.29 is 18.6 Å². The lowest BCUT2D eigenvalue weighted by Crippen LogP contribution is -2.44. The average molecular weight is 431 g/mol. The van der Waals surface area contributed by atoms with E-state index in [1.807, 2.05) is 31.2 Å². The molecule has 1 saturated heterocycles. The van der Waals surface area contributed by atoms with Crippen LogP contribution in [0.2, 0.25) is 0 Å². The topological polar surface area (TPSA) is 67.4 Å². The van der Waals surface area contributed by atoms with Crippen LogP contribution in [0.1, 0.15) is 18.5 Å². The van der Waals surface area contributed by atoms with Crippen molar-refractivity contribution in [2.45, 2.75) is 13.0 Å². The summed E-state index contributed by atoms with van der Waals surface area (Å²) < 4.78 is 30.4. The monoisotopic (exact) mass is 430 g/mol. The van der Waals surface area contributed by atoms with Gasteiger partial charge in [-0.25, -0.2) is 4.39 Å². The fraction of sp³-hybridized carbons (Fsp3) is 0.435. The number of methoxy groups -OCH3 is 1. The minimum absolute atomic E-state index is 0.00647. The predicted molar refractivity (Wildman–Crippen MR) is 121 cm³/mol. The Labute approximate surface area is 183 Å². The Bertz CT molecular complexity index is 872. The van der Waals surface area contributed by atoms with E-state index in [9.17, 15) is 4.39 Å². The molecule has 7 nitrogen and oxygen atoms in total. The molecule has 1 unspecified atom stereocenters. The minimum Gasteiger partial charge on any atom is -0.493 e. The van der Waals surface area contributed by atoms with Crippen LogP contribution >= 0.6 is 0 Å². The van der Waals surface area contributed by atoms with E-state index in [0.717, 1.165) is 24.3 Å². The number of morpholine rings is 1. The maximum Gasteiger partial charge on any atom is 0.195 e. The summed E-state index contributed by atoms with van der Waals surface area (Å²) in [6.07, 6.45) is 0. The number of nitrogens with one attached hydrogen (secondary N) is 2. The van der Waals surface area contributed by atoms with Crippen molar-refractivity contribution in [2.24, 2.45) is 4.99 Å². The third-order valence-corrected chi connectivity index (χ3v) is 5.13. The first-order valence-electron chi connectivity index (χ1n) is 10.5. The molecule has 1 aliphatic heterocycles. The normalized spacial score (nSPS) is 15.9. The highest BCUT2D eigenvalue weighted by Gasteiger charge is 2.23. The largest absolute Gasteiger partial charge is 0.493 e. The average Bonchev–Trinajstić information content (AvgIpc) is 2.80. The Morgan fingerprint density at radius 1 is 1.19 bits per heavy atom. The number of hydrogen-bond acceptors (Lipinski definition) is 5. The smallest absolute Gasteiger partial charge is 0.195 e. The summed E-state index contributed by atoms with van der Waals surface area (Å²) in [6.45, 7) is 6.00. The predicted octanol–water partition coefficient (Wildman–Crippen LogP) is 3.29. The quantitative estimate of drug-likeness (QED) is 0.495. The Kier molecular flexibility index (Phi) is 8.49. The van der Waals surface area contributed by atoms with Crippen molar-refractivity contribution in [1.29, 1.82) is 0 Å². The molecule has 0 bridgehead atoms. The molecule has 168 valence electrons. The van der Waals surface area contributed by atoms with Crippen molar-refractivity contribution in [3.05, 3.63) is 53.8 Å². The third-order valence-electron chi connectivity index (χ3n) is 5.13. The number of anilines is 1. The van der Waals surface area contributed by atoms with E-state index in [1.165, 1.54) is 6.07 Å². The van der Waals surface area contributed by atoms with Crippen molar-refractivity contribution in [2.75, 3.05) is 58.9 Å². The molecular weight excluding hydrogens is 399 g/mol. The molecule has 2 aromatic rings. The Morgan fingerprint density at radius 3 is 2.68 bits per heavy atom. The fourth-order valence-electron chi connectivity index (χ4n) is 3.59. The van der Waals surface area contributed by atoms with Gasteiger partial charge < -0.3 is 24.8 Å². The second-order valence-electron chi connectivity index (χ2n) is 7.10. The summed E-state index contributed by atoms with van der Waals surface area (Å²) >= 11 is 0. The maximum atomic E-state index is 13.9. The van der Waals surface area contributed by atoms with Gasteiger partial charge in [0.15, 0.2) is 17.5 Å². The van der Waals surface area contributed by atoms with E-state index in [4.69, 9.17) is 14.2 Å². The van der Waals surface area contributed by atoms with Gasteiger partial charge in [0.1, 0.15) is 5.82 Å². The summed E-state index contributed by atoms with van der Waals surface area (Å²) in [4.78, 5) is 6.64. The molecule has 0 aromatic heterocycles. The summed E-state index contributed by atoms with van der Waals surface area (Å²) in [5.74, 6) is 1.71. The Morgan fingerprint density at radius 2 is 2.00 bits per heavy atom. The van der Waals surface area contributed by atoms with Crippen LogP contribution in [0, 0.1) is 5.82 Å². The summed E-state index contributed by atoms with van der Waals surface area (Å²) in [6, 6.07) is 12.4. The zero-order valence-electron chi connectivity index (χ0n) is 18.4. The van der Waals surface area contributed by atoms with Crippen LogP contribution in [-0.2, 0) is 4.74 Å². The van der Waals surface area contributed by atoms with Gasteiger partial charge in [-0.05, 0) is 36.8 Å². The van der Waals surface area contributed by atoms with Crippen molar-refractivity contribution in [3.8, 4) is 11.5 Å². The second kappa shape index (κ2) is 11.5. The molecule has 0 aliphatic carbocycles. The highest BCUT2D eigenvalue weighted by Crippen LogP contribution is 2.30. The molecule has 1 fully saturated rings. The first kappa shape index (κ1) is 22.8. The second-order valence-corrected chi connectivity index (χ2v) is 7.10. The van der Waals surface area contributed by atoms with Gasteiger partial charge in [0.25, 0.3) is 0 Å². The number of aliphatic imine (C=N–C) groups is 1. The molecule has 2 aromatic carbocycles. The van der Waals surface area contributed by atoms with E-state index in [0.29, 0.717) is 43.8 Å². The standard InChI is InChI=1S/C23H31FN4O3/c1-4-31-21-9-8-19(15-22(21)29-3)27-23(25-2)26-16-20(28-10-12-30-13-11-28)17-6-5-7-18(24)14-17/h5-9,14-15,20H,4,10-13,16H2,1-3H3,(H2,25,26,27). The number of hydrogen-bond donors (Lipinski definition) is 2. The Hall–Kier alpha value is -2.84. The number of nitrogens with zero attached hydrogens (tertiary/aromatic N) is 2. The van der Waals surface area contributed by atoms with Crippen molar-refractivity contribution in [3.63, 3.8) is 0 Å². The lowest BCUT2D eigenvalue weighted by Gasteiger charge is -2.35. The molecule has 0 amide bonds. The summed E-state index contributed by atoms with van der Waals surface area (Å²) in [7, 11) is 3.33. The number of benzene rings is 2. The zero-order valence-corrected chi connectivity index (χ0v) is 18.4. The number of rotatable bonds is 8.